The van der Waals surface area contributed by atoms with E-state index in [1.807, 2.05) is 0 Å². The van der Waals surface area contributed by atoms with Crippen LogP contribution in [0.25, 0.3) is 11.0 Å². The van der Waals surface area contributed by atoms with Crippen LogP contribution in [0, 0.1) is 0 Å². The highest BCUT2D eigenvalue weighted by Gasteiger charge is 2.35. The molecule has 0 bridgehead atoms. The first-order valence-corrected chi connectivity index (χ1v) is 15.6. The fourth-order valence-corrected chi connectivity index (χ4v) is 5.20. The number of methoxy groups -OCH3 is 1. The third kappa shape index (κ3) is 9.49. The molecule has 3 aromatic rings. The lowest BCUT2D eigenvalue weighted by Gasteiger charge is -2.28. The van der Waals surface area contributed by atoms with Crippen LogP contribution >= 0.6 is 27.5 Å². The van der Waals surface area contributed by atoms with Gasteiger partial charge < -0.3 is 14.2 Å². The van der Waals surface area contributed by atoms with Crippen molar-refractivity contribution in [3.63, 3.8) is 0 Å². The van der Waals surface area contributed by atoms with Gasteiger partial charge in [-0.15, -0.1) is 0 Å². The number of nitrogens with zero attached hydrogens (tertiary/aromatic N) is 5. The molecule has 0 saturated heterocycles. The molecule has 17 heteroatoms. The van der Waals surface area contributed by atoms with Gasteiger partial charge in [-0.2, -0.15) is 20.0 Å². The van der Waals surface area contributed by atoms with Gasteiger partial charge in [-0.3, -0.25) is 9.52 Å². The number of halogens is 2. The number of aromatic nitrogens is 4. The fraction of sp³-hybridized carbons (Fsp3) is 0.462. The van der Waals surface area contributed by atoms with Crippen molar-refractivity contribution in [2.45, 2.75) is 65.7 Å². The Bertz CT molecular complexity index is 1620. The van der Waals surface area contributed by atoms with Gasteiger partial charge in [-0.05, 0) is 86.8 Å². The second-order valence-electron chi connectivity index (χ2n) is 11.2. The molecule has 0 unspecified atom stereocenters. The number of sulfonamides is 1. The number of anilines is 2. The number of rotatable bonds is 8. The zero-order chi connectivity index (χ0) is 32.3. The number of benzene rings is 1. The van der Waals surface area contributed by atoms with Crippen LogP contribution in [0.15, 0.2) is 28.9 Å². The van der Waals surface area contributed by atoms with Crippen LogP contribution in [0.2, 0.25) is 5.28 Å². The molecule has 234 valence electrons. The SMILES string of the molecule is COC(=O)CCS(=O)(=O)Nc1cc(Cn2ncc3c(N(C(=O)OC(C)(C)C)C(=O)OC(C)(C)C)nc(Cl)nc32)ccc1Br. The maximum atomic E-state index is 13.2. The van der Waals surface area contributed by atoms with E-state index >= 15 is 0 Å². The zero-order valence-electron chi connectivity index (χ0n) is 24.6. The van der Waals surface area contributed by atoms with Crippen molar-refractivity contribution >= 4 is 78.2 Å². The lowest BCUT2D eigenvalue weighted by atomic mass is 10.2. The maximum Gasteiger partial charge on any atom is 0.425 e. The van der Waals surface area contributed by atoms with Crippen LogP contribution in [0.5, 0.6) is 0 Å². The van der Waals surface area contributed by atoms with Gasteiger partial charge in [-0.25, -0.2) is 22.7 Å². The lowest BCUT2D eigenvalue weighted by molar-refractivity contribution is -0.140. The first-order valence-electron chi connectivity index (χ1n) is 12.8. The van der Waals surface area contributed by atoms with E-state index in [0.717, 1.165) is 0 Å². The zero-order valence-corrected chi connectivity index (χ0v) is 27.8. The van der Waals surface area contributed by atoms with Crippen LogP contribution < -0.4 is 9.62 Å². The largest absolute Gasteiger partial charge is 0.469 e. The molecule has 3 rings (SSSR count). The summed E-state index contributed by atoms with van der Waals surface area (Å²) in [4.78, 5) is 46.8. The Balaban J connectivity index is 2.01. The van der Waals surface area contributed by atoms with Crippen molar-refractivity contribution < 1.29 is 37.0 Å². The summed E-state index contributed by atoms with van der Waals surface area (Å²) in [5.74, 6) is -1.32. The fourth-order valence-electron chi connectivity index (χ4n) is 3.52. The molecule has 2 amide bonds. The highest BCUT2D eigenvalue weighted by molar-refractivity contribution is 9.10. The molecule has 0 spiro atoms. The molecule has 0 aliphatic carbocycles. The van der Waals surface area contributed by atoms with Crippen molar-refractivity contribution in [2.75, 3.05) is 22.5 Å². The first kappa shape index (κ1) is 34.0. The van der Waals surface area contributed by atoms with E-state index < -0.39 is 45.1 Å². The Labute approximate surface area is 262 Å². The monoisotopic (exact) mass is 702 g/mol. The van der Waals surface area contributed by atoms with E-state index in [0.29, 0.717) is 14.9 Å². The van der Waals surface area contributed by atoms with Crippen LogP contribution in [0.1, 0.15) is 53.5 Å². The topological polar surface area (TPSA) is 172 Å². The Morgan fingerprint density at radius 1 is 1.05 bits per heavy atom. The first-order chi connectivity index (χ1) is 19.8. The average Bonchev–Trinajstić information content (AvgIpc) is 3.24. The number of carbonyl (C=O) groups excluding carboxylic acids is 3. The quantitative estimate of drug-likeness (QED) is 0.184. The van der Waals surface area contributed by atoms with Gasteiger partial charge in [0.15, 0.2) is 11.5 Å². The number of hydrogen-bond donors (Lipinski definition) is 1. The number of nitrogens with one attached hydrogen (secondary N) is 1. The normalized spacial score (nSPS) is 12.1. The van der Waals surface area contributed by atoms with Gasteiger partial charge in [0.25, 0.3) is 0 Å². The summed E-state index contributed by atoms with van der Waals surface area (Å²) in [6.45, 7) is 9.94. The third-order valence-corrected chi connectivity index (χ3v) is 7.38. The number of carbonyl (C=O) groups is 3. The highest BCUT2D eigenvalue weighted by Crippen LogP contribution is 2.30. The van der Waals surface area contributed by atoms with Crippen LogP contribution in [0.3, 0.4) is 0 Å². The summed E-state index contributed by atoms with van der Waals surface area (Å²) in [5, 5.41) is 4.27. The van der Waals surface area contributed by atoms with Crippen molar-refractivity contribution in [3.8, 4) is 0 Å². The van der Waals surface area contributed by atoms with Gasteiger partial charge >= 0.3 is 18.2 Å². The number of ether oxygens (including phenoxy) is 3. The predicted molar refractivity (Wildman–Crippen MR) is 163 cm³/mol. The van der Waals surface area contributed by atoms with Gasteiger partial charge in [0.05, 0.1) is 43.1 Å². The highest BCUT2D eigenvalue weighted by atomic mass is 79.9. The molecule has 43 heavy (non-hydrogen) atoms. The van der Waals surface area contributed by atoms with Crippen molar-refractivity contribution in [3.05, 3.63) is 39.7 Å². The van der Waals surface area contributed by atoms with Gasteiger partial charge in [0.2, 0.25) is 15.3 Å². The van der Waals surface area contributed by atoms with Gasteiger partial charge in [-0.1, -0.05) is 6.07 Å². The molecule has 14 nitrogen and oxygen atoms in total. The predicted octanol–water partition coefficient (Wildman–Crippen LogP) is 5.27. The van der Waals surface area contributed by atoms with Crippen molar-refractivity contribution in [1.82, 2.24) is 19.7 Å². The molecule has 0 radical (unpaired) electrons. The van der Waals surface area contributed by atoms with Gasteiger partial charge in [0.1, 0.15) is 11.2 Å². The standard InChI is InChI=1S/C26H32BrClN6O8S/c1-25(2,3)41-23(36)34(24(37)42-26(4,5)6)21-16-13-29-33(20(16)30-22(28)31-21)14-15-8-9-17(27)18(12-15)32-43(38,39)11-10-19(35)40-7/h8-9,12-13,32H,10-11,14H2,1-7H3. The number of esters is 1. The summed E-state index contributed by atoms with van der Waals surface area (Å²) < 4.78 is 44.8. The number of fused-ring (bicyclic) bond motifs is 1. The van der Waals surface area contributed by atoms with Gasteiger partial charge in [0, 0.05) is 4.47 Å². The molecule has 0 aliphatic heterocycles. The molecule has 2 aromatic heterocycles. The smallest absolute Gasteiger partial charge is 0.425 e. The van der Waals surface area contributed by atoms with Crippen molar-refractivity contribution in [2.24, 2.45) is 0 Å². The minimum Gasteiger partial charge on any atom is -0.469 e. The Hall–Kier alpha value is -3.50. The van der Waals surface area contributed by atoms with E-state index in [1.165, 1.54) is 18.0 Å². The molecule has 0 saturated carbocycles. The van der Waals surface area contributed by atoms with E-state index in [-0.39, 0.29) is 40.8 Å². The van der Waals surface area contributed by atoms with E-state index in [4.69, 9.17) is 21.1 Å². The minimum absolute atomic E-state index is 0.0827. The summed E-state index contributed by atoms with van der Waals surface area (Å²) in [7, 11) is -2.70. The number of amides is 2. The minimum atomic E-state index is -3.87. The number of hydrogen-bond acceptors (Lipinski definition) is 11. The third-order valence-electron chi connectivity index (χ3n) is 5.24. The molecule has 0 fully saturated rings. The molecule has 0 aliphatic rings. The van der Waals surface area contributed by atoms with E-state index in [1.54, 1.807) is 59.7 Å². The molecule has 0 atom stereocenters. The van der Waals surface area contributed by atoms with E-state index in [9.17, 15) is 22.8 Å². The Kier molecular flexibility index (Phi) is 10.3. The van der Waals surface area contributed by atoms with Crippen LogP contribution in [-0.2, 0) is 35.6 Å². The molecular weight excluding hydrogens is 672 g/mol. The summed E-state index contributed by atoms with van der Waals surface area (Å²) in [6, 6.07) is 4.94. The van der Waals surface area contributed by atoms with Crippen LogP contribution in [-0.4, -0.2) is 70.4 Å². The summed E-state index contributed by atoms with van der Waals surface area (Å²) >= 11 is 9.57. The number of imide groups is 1. The molecule has 1 N–H and O–H groups in total. The second kappa shape index (κ2) is 13.0. The average molecular weight is 704 g/mol. The molecular formula is C26H32BrClN6O8S. The Morgan fingerprint density at radius 3 is 2.21 bits per heavy atom. The summed E-state index contributed by atoms with van der Waals surface area (Å²) in [6.07, 6.45) is -1.03. The molecule has 1 aromatic carbocycles. The molecule has 2 heterocycles. The lowest BCUT2D eigenvalue weighted by Crippen LogP contribution is -2.44. The second-order valence-corrected chi connectivity index (χ2v) is 14.2. The summed E-state index contributed by atoms with van der Waals surface area (Å²) in [5.41, 5.74) is -0.885. The maximum absolute atomic E-state index is 13.2. The van der Waals surface area contributed by atoms with Crippen LogP contribution in [0.4, 0.5) is 21.1 Å². The Morgan fingerprint density at radius 2 is 1.65 bits per heavy atom. The van der Waals surface area contributed by atoms with E-state index in [2.05, 4.69) is 40.5 Å². The van der Waals surface area contributed by atoms with Crippen molar-refractivity contribution in [1.29, 1.82) is 0 Å².